The van der Waals surface area contributed by atoms with Gasteiger partial charge >= 0.3 is 0 Å². The fourth-order valence-corrected chi connectivity index (χ4v) is 2.00. The zero-order valence-corrected chi connectivity index (χ0v) is 13.5. The number of nitrogens with zero attached hydrogens (tertiary/aromatic N) is 1. The minimum absolute atomic E-state index is 0.163. The van der Waals surface area contributed by atoms with Gasteiger partial charge in [0.15, 0.2) is 0 Å². The molecule has 1 rings (SSSR count). The van der Waals surface area contributed by atoms with Crippen molar-refractivity contribution in [1.82, 2.24) is 10.3 Å². The predicted molar refractivity (Wildman–Crippen MR) is 81.4 cm³/mol. The summed E-state index contributed by atoms with van der Waals surface area (Å²) in [7, 11) is 0. The van der Waals surface area contributed by atoms with Gasteiger partial charge in [0, 0.05) is 24.4 Å². The van der Waals surface area contributed by atoms with Gasteiger partial charge in [0.2, 0.25) is 0 Å². The number of carbonyl (C=O) groups excluding carboxylic acids is 1. The Morgan fingerprint density at radius 2 is 2.10 bits per heavy atom. The topological polar surface area (TPSA) is 51.2 Å². The van der Waals surface area contributed by atoms with Crippen molar-refractivity contribution < 1.29 is 9.53 Å². The van der Waals surface area contributed by atoms with Crippen molar-refractivity contribution in [3.63, 3.8) is 0 Å². The van der Waals surface area contributed by atoms with Crippen molar-refractivity contribution in [2.24, 2.45) is 0 Å². The lowest BCUT2D eigenvalue weighted by Crippen LogP contribution is -2.40. The molecule has 0 spiro atoms. The number of nitrogens with one attached hydrogen (secondary N) is 1. The smallest absolute Gasteiger partial charge is 0.251 e. The van der Waals surface area contributed by atoms with E-state index in [1.807, 2.05) is 34.6 Å². The van der Waals surface area contributed by atoms with Gasteiger partial charge in [0.25, 0.3) is 5.91 Å². The first-order valence-corrected chi connectivity index (χ1v) is 7.22. The molecule has 0 aromatic carbocycles. The first-order chi connectivity index (χ1) is 9.25. The number of rotatable bonds is 6. The van der Waals surface area contributed by atoms with Crippen LogP contribution in [0.15, 0.2) is 12.1 Å². The SMILES string of the molecule is CCOC(C)(C)CNC(=O)c1cc(Cl)nc(C(C)C)c1. The molecule has 0 fully saturated rings. The molecule has 0 aliphatic rings. The summed E-state index contributed by atoms with van der Waals surface area (Å²) < 4.78 is 5.55. The van der Waals surface area contributed by atoms with Gasteiger partial charge in [0.05, 0.1) is 5.60 Å². The monoisotopic (exact) mass is 298 g/mol. The lowest BCUT2D eigenvalue weighted by atomic mass is 10.1. The zero-order chi connectivity index (χ0) is 15.3. The van der Waals surface area contributed by atoms with E-state index in [1.54, 1.807) is 12.1 Å². The minimum Gasteiger partial charge on any atom is -0.374 e. The number of aromatic nitrogens is 1. The number of hydrogen-bond donors (Lipinski definition) is 1. The second-order valence-electron chi connectivity index (χ2n) is 5.63. The first kappa shape index (κ1) is 16.9. The first-order valence-electron chi connectivity index (χ1n) is 6.85. The highest BCUT2D eigenvalue weighted by Crippen LogP contribution is 2.18. The van der Waals surface area contributed by atoms with E-state index in [0.717, 1.165) is 5.69 Å². The number of carbonyl (C=O) groups is 1. The third-order valence-corrected chi connectivity index (χ3v) is 3.07. The van der Waals surface area contributed by atoms with Gasteiger partial charge in [-0.15, -0.1) is 0 Å². The zero-order valence-electron chi connectivity index (χ0n) is 12.8. The molecule has 0 saturated carbocycles. The van der Waals surface area contributed by atoms with Gasteiger partial charge in [-0.05, 0) is 38.8 Å². The summed E-state index contributed by atoms with van der Waals surface area (Å²) in [5.74, 6) is 0.0593. The van der Waals surface area contributed by atoms with Crippen molar-refractivity contribution >= 4 is 17.5 Å². The van der Waals surface area contributed by atoms with Crippen LogP contribution >= 0.6 is 11.6 Å². The van der Waals surface area contributed by atoms with Crippen LogP contribution in [0.1, 0.15) is 56.6 Å². The quantitative estimate of drug-likeness (QED) is 0.819. The van der Waals surface area contributed by atoms with Crippen LogP contribution in [0.4, 0.5) is 0 Å². The third-order valence-electron chi connectivity index (χ3n) is 2.88. The molecular formula is C15H23ClN2O2. The molecule has 0 atom stereocenters. The third kappa shape index (κ3) is 5.10. The van der Waals surface area contributed by atoms with E-state index in [-0.39, 0.29) is 17.4 Å². The van der Waals surface area contributed by atoms with Gasteiger partial charge in [0.1, 0.15) is 5.15 Å². The van der Waals surface area contributed by atoms with Crippen molar-refractivity contribution in [3.05, 3.63) is 28.5 Å². The van der Waals surface area contributed by atoms with E-state index < -0.39 is 0 Å². The van der Waals surface area contributed by atoms with Crippen LogP contribution < -0.4 is 5.32 Å². The average Bonchev–Trinajstić information content (AvgIpc) is 2.35. The summed E-state index contributed by atoms with van der Waals surface area (Å²) in [5.41, 5.74) is 0.954. The molecule has 1 aromatic rings. The van der Waals surface area contributed by atoms with Crippen LogP contribution in [-0.4, -0.2) is 29.6 Å². The van der Waals surface area contributed by atoms with Gasteiger partial charge in [-0.25, -0.2) is 4.98 Å². The Morgan fingerprint density at radius 1 is 1.45 bits per heavy atom. The summed E-state index contributed by atoms with van der Waals surface area (Å²) in [5, 5.41) is 3.21. The molecule has 5 heteroatoms. The molecule has 0 bridgehead atoms. The van der Waals surface area contributed by atoms with E-state index in [1.165, 1.54) is 0 Å². The highest BCUT2D eigenvalue weighted by atomic mass is 35.5. The Bertz CT molecular complexity index is 473. The summed E-state index contributed by atoms with van der Waals surface area (Å²) in [6.07, 6.45) is 0. The van der Waals surface area contributed by atoms with E-state index in [0.29, 0.717) is 23.9 Å². The number of amides is 1. The number of pyridine rings is 1. The summed E-state index contributed by atoms with van der Waals surface area (Å²) in [6, 6.07) is 3.36. The summed E-state index contributed by atoms with van der Waals surface area (Å²) >= 11 is 5.96. The highest BCUT2D eigenvalue weighted by molar-refractivity contribution is 6.29. The van der Waals surface area contributed by atoms with Gasteiger partial charge in [-0.3, -0.25) is 4.79 Å². The number of hydrogen-bond acceptors (Lipinski definition) is 3. The summed E-state index contributed by atoms with van der Waals surface area (Å²) in [6.45, 7) is 10.9. The van der Waals surface area contributed by atoms with Crippen LogP contribution in [0.3, 0.4) is 0 Å². The highest BCUT2D eigenvalue weighted by Gasteiger charge is 2.19. The summed E-state index contributed by atoms with van der Waals surface area (Å²) in [4.78, 5) is 16.4. The van der Waals surface area contributed by atoms with Gasteiger partial charge in [-0.1, -0.05) is 25.4 Å². The normalized spacial score (nSPS) is 11.8. The fourth-order valence-electron chi connectivity index (χ4n) is 1.78. The number of halogens is 1. The predicted octanol–water partition coefficient (Wildman–Crippen LogP) is 3.40. The maximum atomic E-state index is 12.2. The van der Waals surface area contributed by atoms with Crippen LogP contribution in [-0.2, 0) is 4.74 Å². The van der Waals surface area contributed by atoms with Crippen LogP contribution in [0.25, 0.3) is 0 Å². The van der Waals surface area contributed by atoms with Crippen molar-refractivity contribution in [2.75, 3.05) is 13.2 Å². The maximum absolute atomic E-state index is 12.2. The molecule has 1 aromatic heterocycles. The Labute approximate surface area is 125 Å². The Balaban J connectivity index is 2.78. The minimum atomic E-state index is -0.387. The molecule has 112 valence electrons. The molecule has 1 heterocycles. The molecule has 0 unspecified atom stereocenters. The molecule has 1 amide bonds. The standard InChI is InChI=1S/C15H23ClN2O2/c1-6-20-15(4,5)9-17-14(19)11-7-12(10(2)3)18-13(16)8-11/h7-8,10H,6,9H2,1-5H3,(H,17,19). The Morgan fingerprint density at radius 3 is 2.65 bits per heavy atom. The Hall–Kier alpha value is -1.13. The molecular weight excluding hydrogens is 276 g/mol. The van der Waals surface area contributed by atoms with E-state index >= 15 is 0 Å². The van der Waals surface area contributed by atoms with Crippen LogP contribution in [0.2, 0.25) is 5.15 Å². The molecule has 0 aliphatic heterocycles. The Kier molecular flexibility index (Phi) is 5.96. The second-order valence-corrected chi connectivity index (χ2v) is 6.02. The molecule has 1 N–H and O–H groups in total. The van der Waals surface area contributed by atoms with Crippen LogP contribution in [0.5, 0.6) is 0 Å². The number of ether oxygens (including phenoxy) is 1. The van der Waals surface area contributed by atoms with Gasteiger partial charge < -0.3 is 10.1 Å². The van der Waals surface area contributed by atoms with Crippen molar-refractivity contribution in [1.29, 1.82) is 0 Å². The lowest BCUT2D eigenvalue weighted by molar-refractivity contribution is -0.00815. The van der Waals surface area contributed by atoms with Crippen LogP contribution in [0, 0.1) is 0 Å². The molecule has 0 aliphatic carbocycles. The van der Waals surface area contributed by atoms with Crippen molar-refractivity contribution in [2.45, 2.75) is 46.1 Å². The molecule has 20 heavy (non-hydrogen) atoms. The van der Waals surface area contributed by atoms with E-state index in [9.17, 15) is 4.79 Å². The molecule has 0 saturated heterocycles. The molecule has 4 nitrogen and oxygen atoms in total. The molecule has 0 radical (unpaired) electrons. The van der Waals surface area contributed by atoms with Crippen molar-refractivity contribution in [3.8, 4) is 0 Å². The lowest BCUT2D eigenvalue weighted by Gasteiger charge is -2.24. The van der Waals surface area contributed by atoms with Gasteiger partial charge in [-0.2, -0.15) is 0 Å². The van der Waals surface area contributed by atoms with E-state index in [4.69, 9.17) is 16.3 Å². The largest absolute Gasteiger partial charge is 0.374 e. The maximum Gasteiger partial charge on any atom is 0.251 e. The average molecular weight is 299 g/mol. The fraction of sp³-hybridized carbons (Fsp3) is 0.600. The second kappa shape index (κ2) is 7.04. The van der Waals surface area contributed by atoms with E-state index in [2.05, 4.69) is 10.3 Å².